The van der Waals surface area contributed by atoms with Crippen LogP contribution in [0.1, 0.15) is 44.5 Å². The summed E-state index contributed by atoms with van der Waals surface area (Å²) >= 11 is 6.09. The minimum absolute atomic E-state index is 0.0520. The highest BCUT2D eigenvalue weighted by Crippen LogP contribution is 2.32. The van der Waals surface area contributed by atoms with Crippen LogP contribution in [0.15, 0.2) is 53.3 Å². The van der Waals surface area contributed by atoms with Gasteiger partial charge in [-0.2, -0.15) is 0 Å². The molecule has 6 nitrogen and oxygen atoms in total. The summed E-state index contributed by atoms with van der Waals surface area (Å²) < 4.78 is 6.83. The second-order valence-electron chi connectivity index (χ2n) is 8.29. The third kappa shape index (κ3) is 4.43. The molecular formula is C25H28ClN3O3. The summed E-state index contributed by atoms with van der Waals surface area (Å²) in [5, 5.41) is 1.13. The molecule has 4 rings (SSSR count). The molecule has 1 heterocycles. The van der Waals surface area contributed by atoms with E-state index < -0.39 is 0 Å². The molecule has 0 radical (unpaired) electrons. The zero-order valence-corrected chi connectivity index (χ0v) is 19.2. The maximum Gasteiger partial charge on any atom is 0.266 e. The number of hydrogen-bond acceptors (Lipinski definition) is 4. The van der Waals surface area contributed by atoms with Crippen LogP contribution in [0.3, 0.4) is 0 Å². The molecule has 3 aromatic rings. The Hall–Kier alpha value is -2.70. The fraction of sp³-hybridized carbons (Fsp3) is 0.400. The Balaban J connectivity index is 1.84. The van der Waals surface area contributed by atoms with Crippen LogP contribution in [0.25, 0.3) is 16.6 Å². The molecule has 168 valence electrons. The molecule has 0 saturated heterocycles. The van der Waals surface area contributed by atoms with Gasteiger partial charge in [-0.1, -0.05) is 30.2 Å². The number of aromatic nitrogens is 2. The fourth-order valence-corrected chi connectivity index (χ4v) is 4.30. The number of rotatable bonds is 8. The molecule has 0 spiro atoms. The molecule has 2 aromatic carbocycles. The Morgan fingerprint density at radius 1 is 1.22 bits per heavy atom. The van der Waals surface area contributed by atoms with Crippen molar-refractivity contribution in [3.8, 4) is 5.69 Å². The number of carbonyl (C=O) groups excluding carboxylic acids is 1. The lowest BCUT2D eigenvalue weighted by Gasteiger charge is -2.36. The van der Waals surface area contributed by atoms with Crippen LogP contribution in [0.5, 0.6) is 0 Å². The van der Waals surface area contributed by atoms with Crippen LogP contribution in [-0.2, 0) is 9.53 Å². The zero-order chi connectivity index (χ0) is 22.7. The number of benzene rings is 2. The van der Waals surface area contributed by atoms with E-state index in [-0.39, 0.29) is 23.4 Å². The van der Waals surface area contributed by atoms with E-state index in [0.717, 1.165) is 25.7 Å². The van der Waals surface area contributed by atoms with E-state index in [9.17, 15) is 9.59 Å². The molecule has 1 atom stereocenters. The summed E-state index contributed by atoms with van der Waals surface area (Å²) in [7, 11) is 1.66. The molecule has 1 saturated carbocycles. The van der Waals surface area contributed by atoms with Crippen molar-refractivity contribution in [1.29, 1.82) is 0 Å². The predicted octanol–water partition coefficient (Wildman–Crippen LogP) is 4.77. The third-order valence-electron chi connectivity index (χ3n) is 6.21. The average molecular weight is 454 g/mol. The molecule has 0 N–H and O–H groups in total. The van der Waals surface area contributed by atoms with Gasteiger partial charge in [-0.05, 0) is 62.6 Å². The van der Waals surface area contributed by atoms with E-state index in [1.165, 1.54) is 0 Å². The summed E-state index contributed by atoms with van der Waals surface area (Å²) in [6, 6.07) is 14.0. The number of ether oxygens (including phenoxy) is 1. The van der Waals surface area contributed by atoms with Crippen molar-refractivity contribution in [3.63, 3.8) is 0 Å². The van der Waals surface area contributed by atoms with E-state index in [1.807, 2.05) is 30.0 Å². The normalized spacial score (nSPS) is 14.8. The molecule has 32 heavy (non-hydrogen) atoms. The Morgan fingerprint density at radius 2 is 1.94 bits per heavy atom. The van der Waals surface area contributed by atoms with E-state index >= 15 is 0 Å². The van der Waals surface area contributed by atoms with Crippen LogP contribution < -0.4 is 5.56 Å². The summed E-state index contributed by atoms with van der Waals surface area (Å²) in [6.45, 7) is 3.07. The lowest BCUT2D eigenvalue weighted by atomic mass is 9.84. The van der Waals surface area contributed by atoms with Gasteiger partial charge in [0.05, 0.1) is 22.6 Å². The van der Waals surface area contributed by atoms with Crippen LogP contribution in [0.2, 0.25) is 5.02 Å². The number of amides is 1. The highest BCUT2D eigenvalue weighted by Gasteiger charge is 2.33. The van der Waals surface area contributed by atoms with Gasteiger partial charge in [0.1, 0.15) is 5.82 Å². The predicted molar refractivity (Wildman–Crippen MR) is 126 cm³/mol. The topological polar surface area (TPSA) is 64.4 Å². The number of hydrogen-bond donors (Lipinski definition) is 0. The van der Waals surface area contributed by atoms with Crippen molar-refractivity contribution in [1.82, 2.24) is 14.5 Å². The molecule has 1 aromatic heterocycles. The number of para-hydroxylation sites is 1. The highest BCUT2D eigenvalue weighted by atomic mass is 35.5. The Morgan fingerprint density at radius 3 is 2.59 bits per heavy atom. The number of fused-ring (bicyclic) bond motifs is 1. The lowest BCUT2D eigenvalue weighted by molar-refractivity contribution is -0.140. The Bertz CT molecular complexity index is 1160. The SMILES string of the molecule is COCCCN(C(=O)C1CCC1)C(C)c1nc2ccccc2c(=O)n1-c1ccc(Cl)cc1. The van der Waals surface area contributed by atoms with Crippen LogP contribution >= 0.6 is 11.6 Å². The fourth-order valence-electron chi connectivity index (χ4n) is 4.17. The largest absolute Gasteiger partial charge is 0.385 e. The standard InChI is InChI=1S/C25H28ClN3O3/c1-17(28(15-6-16-32-2)24(30)18-7-5-8-18)23-27-22-10-4-3-9-21(22)25(31)29(23)20-13-11-19(26)12-14-20/h3-4,9-14,17-18H,5-8,15-16H2,1-2H3. The van der Waals surface area contributed by atoms with E-state index in [4.69, 9.17) is 21.3 Å². The first-order valence-electron chi connectivity index (χ1n) is 11.1. The first-order chi connectivity index (χ1) is 15.5. The van der Waals surface area contributed by atoms with Gasteiger partial charge < -0.3 is 9.64 Å². The highest BCUT2D eigenvalue weighted by molar-refractivity contribution is 6.30. The first-order valence-corrected chi connectivity index (χ1v) is 11.5. The van der Waals surface area contributed by atoms with Gasteiger partial charge in [-0.15, -0.1) is 0 Å². The van der Waals surface area contributed by atoms with Crippen molar-refractivity contribution in [2.75, 3.05) is 20.3 Å². The van der Waals surface area contributed by atoms with Gasteiger partial charge in [-0.3, -0.25) is 14.2 Å². The smallest absolute Gasteiger partial charge is 0.266 e. The van der Waals surface area contributed by atoms with Gasteiger partial charge in [0.2, 0.25) is 5.91 Å². The minimum Gasteiger partial charge on any atom is -0.385 e. The van der Waals surface area contributed by atoms with Crippen molar-refractivity contribution < 1.29 is 9.53 Å². The van der Waals surface area contributed by atoms with Gasteiger partial charge >= 0.3 is 0 Å². The average Bonchev–Trinajstić information content (AvgIpc) is 2.76. The Labute approximate surface area is 192 Å². The van der Waals surface area contributed by atoms with Crippen LogP contribution in [0.4, 0.5) is 0 Å². The second kappa shape index (κ2) is 9.84. The van der Waals surface area contributed by atoms with E-state index in [0.29, 0.717) is 40.6 Å². The number of nitrogens with zero attached hydrogens (tertiary/aromatic N) is 3. The second-order valence-corrected chi connectivity index (χ2v) is 8.72. The Kier molecular flexibility index (Phi) is 6.92. The molecule has 7 heteroatoms. The number of carbonyl (C=O) groups is 1. The number of methoxy groups -OCH3 is 1. The molecule has 1 aliphatic rings. The molecule has 1 amide bonds. The third-order valence-corrected chi connectivity index (χ3v) is 6.46. The van der Waals surface area contributed by atoms with Crippen molar-refractivity contribution in [2.45, 2.75) is 38.6 Å². The first kappa shape index (κ1) is 22.5. The molecule has 0 bridgehead atoms. The summed E-state index contributed by atoms with van der Waals surface area (Å²) in [5.74, 6) is 0.724. The molecular weight excluding hydrogens is 426 g/mol. The van der Waals surface area contributed by atoms with Gasteiger partial charge in [0, 0.05) is 31.2 Å². The van der Waals surface area contributed by atoms with Gasteiger partial charge in [0.25, 0.3) is 5.56 Å². The van der Waals surface area contributed by atoms with E-state index in [1.54, 1.807) is 42.0 Å². The minimum atomic E-state index is -0.382. The molecule has 1 aliphatic carbocycles. The molecule has 1 unspecified atom stereocenters. The molecule has 0 aliphatic heterocycles. The number of halogens is 1. The quantitative estimate of drug-likeness (QED) is 0.461. The summed E-state index contributed by atoms with van der Waals surface area (Å²) in [5.41, 5.74) is 1.14. The van der Waals surface area contributed by atoms with Crippen LogP contribution in [-0.4, -0.2) is 40.6 Å². The van der Waals surface area contributed by atoms with Gasteiger partial charge in [0.15, 0.2) is 0 Å². The van der Waals surface area contributed by atoms with Crippen LogP contribution in [0, 0.1) is 5.92 Å². The summed E-state index contributed by atoms with van der Waals surface area (Å²) in [4.78, 5) is 33.6. The van der Waals surface area contributed by atoms with Crippen molar-refractivity contribution in [2.24, 2.45) is 5.92 Å². The monoisotopic (exact) mass is 453 g/mol. The molecule has 1 fully saturated rings. The maximum absolute atomic E-state index is 13.6. The van der Waals surface area contributed by atoms with Crippen molar-refractivity contribution in [3.05, 3.63) is 69.7 Å². The lowest BCUT2D eigenvalue weighted by Crippen LogP contribution is -2.43. The maximum atomic E-state index is 13.6. The zero-order valence-electron chi connectivity index (χ0n) is 18.5. The van der Waals surface area contributed by atoms with Crippen molar-refractivity contribution >= 4 is 28.4 Å². The summed E-state index contributed by atoms with van der Waals surface area (Å²) in [6.07, 6.45) is 3.64. The van der Waals surface area contributed by atoms with E-state index in [2.05, 4.69) is 0 Å². The van der Waals surface area contributed by atoms with Gasteiger partial charge in [-0.25, -0.2) is 4.98 Å².